The van der Waals surface area contributed by atoms with Gasteiger partial charge in [-0.15, -0.1) is 0 Å². The molecule has 0 unspecified atom stereocenters. The number of anilines is 1. The van der Waals surface area contributed by atoms with E-state index in [1.165, 1.54) is 0 Å². The molecular formula is C13H21N3O3S. The van der Waals surface area contributed by atoms with Crippen LogP contribution in [0.1, 0.15) is 20.3 Å². The van der Waals surface area contributed by atoms with E-state index >= 15 is 0 Å². The molecule has 7 heteroatoms. The molecule has 0 saturated carbocycles. The smallest absolute Gasteiger partial charge is 0.240 e. The summed E-state index contributed by atoms with van der Waals surface area (Å²) in [6.07, 6.45) is 0.611. The van der Waals surface area contributed by atoms with Crippen LogP contribution in [0.4, 0.5) is 5.69 Å². The molecule has 0 aromatic heterocycles. The Morgan fingerprint density at radius 3 is 2.90 bits per heavy atom. The van der Waals surface area contributed by atoms with Crippen LogP contribution >= 0.6 is 0 Å². The average Bonchev–Trinajstić information content (AvgIpc) is 2.37. The van der Waals surface area contributed by atoms with Gasteiger partial charge in [0.1, 0.15) is 11.4 Å². The molecule has 0 fully saturated rings. The standard InChI is InChI=1S/C13H21N3O3S/c1-13(2)9-15-11-8-10(4-5-12(11)19-13)20(17,18)16-7-3-6-14/h4-5,8,15-16H,3,6-7,9,14H2,1-2H3. The van der Waals surface area contributed by atoms with Crippen LogP contribution in [-0.4, -0.2) is 33.7 Å². The van der Waals surface area contributed by atoms with Crippen molar-refractivity contribution in [3.8, 4) is 5.75 Å². The minimum atomic E-state index is -3.50. The van der Waals surface area contributed by atoms with E-state index in [1.54, 1.807) is 18.2 Å². The Bertz CT molecular complexity index is 585. The normalized spacial score (nSPS) is 16.9. The van der Waals surface area contributed by atoms with Gasteiger partial charge >= 0.3 is 0 Å². The van der Waals surface area contributed by atoms with Crippen molar-refractivity contribution in [2.45, 2.75) is 30.8 Å². The first-order valence-electron chi connectivity index (χ1n) is 6.61. The lowest BCUT2D eigenvalue weighted by Gasteiger charge is -2.33. The molecule has 1 aliphatic rings. The van der Waals surface area contributed by atoms with Crippen molar-refractivity contribution in [3.05, 3.63) is 18.2 Å². The van der Waals surface area contributed by atoms with Gasteiger partial charge in [-0.1, -0.05) is 0 Å². The summed E-state index contributed by atoms with van der Waals surface area (Å²) >= 11 is 0. The minimum absolute atomic E-state index is 0.226. The van der Waals surface area contributed by atoms with Crippen LogP contribution in [0.15, 0.2) is 23.1 Å². The Balaban J connectivity index is 2.19. The second kappa shape index (κ2) is 5.59. The lowest BCUT2D eigenvalue weighted by atomic mass is 10.1. The van der Waals surface area contributed by atoms with Crippen molar-refractivity contribution in [2.75, 3.05) is 25.0 Å². The van der Waals surface area contributed by atoms with Crippen LogP contribution < -0.4 is 20.5 Å². The van der Waals surface area contributed by atoms with Crippen molar-refractivity contribution < 1.29 is 13.2 Å². The van der Waals surface area contributed by atoms with E-state index in [-0.39, 0.29) is 10.5 Å². The maximum atomic E-state index is 12.1. The monoisotopic (exact) mass is 299 g/mol. The van der Waals surface area contributed by atoms with Crippen LogP contribution in [0.3, 0.4) is 0 Å². The number of ether oxygens (including phenoxy) is 1. The van der Waals surface area contributed by atoms with E-state index in [1.807, 2.05) is 13.8 Å². The van der Waals surface area contributed by atoms with E-state index in [4.69, 9.17) is 10.5 Å². The molecule has 0 saturated heterocycles. The number of nitrogens with two attached hydrogens (primary N) is 1. The summed E-state index contributed by atoms with van der Waals surface area (Å²) in [5.41, 5.74) is 5.75. The zero-order valence-corrected chi connectivity index (χ0v) is 12.6. The van der Waals surface area contributed by atoms with Crippen molar-refractivity contribution >= 4 is 15.7 Å². The van der Waals surface area contributed by atoms with Gasteiger partial charge in [0.2, 0.25) is 10.0 Å². The Labute approximate surface area is 119 Å². The quantitative estimate of drug-likeness (QED) is 0.702. The number of hydrogen-bond donors (Lipinski definition) is 3. The van der Waals surface area contributed by atoms with E-state index in [2.05, 4.69) is 10.0 Å². The molecule has 1 aromatic carbocycles. The molecule has 2 rings (SSSR count). The van der Waals surface area contributed by atoms with Crippen molar-refractivity contribution in [2.24, 2.45) is 5.73 Å². The van der Waals surface area contributed by atoms with Crippen molar-refractivity contribution in [1.82, 2.24) is 4.72 Å². The first-order valence-corrected chi connectivity index (χ1v) is 8.09. The summed E-state index contributed by atoms with van der Waals surface area (Å²) in [7, 11) is -3.50. The van der Waals surface area contributed by atoms with Gasteiger partial charge in [0, 0.05) is 6.54 Å². The van der Waals surface area contributed by atoms with Crippen LogP contribution in [0.5, 0.6) is 5.75 Å². The molecule has 1 aromatic rings. The highest BCUT2D eigenvalue weighted by atomic mass is 32.2. The number of rotatable bonds is 5. The molecule has 0 radical (unpaired) electrons. The third-order valence-electron chi connectivity index (χ3n) is 3.03. The zero-order chi connectivity index (χ0) is 14.8. The van der Waals surface area contributed by atoms with Crippen molar-refractivity contribution in [3.63, 3.8) is 0 Å². The van der Waals surface area contributed by atoms with Crippen LogP contribution in [0, 0.1) is 0 Å². The second-order valence-corrected chi connectivity index (χ2v) is 7.18. The maximum Gasteiger partial charge on any atom is 0.240 e. The molecule has 0 aliphatic carbocycles. The van der Waals surface area contributed by atoms with Gasteiger partial charge in [0.15, 0.2) is 0 Å². The Hall–Kier alpha value is -1.31. The molecule has 20 heavy (non-hydrogen) atoms. The van der Waals surface area contributed by atoms with Gasteiger partial charge in [-0.3, -0.25) is 0 Å². The minimum Gasteiger partial charge on any atom is -0.484 e. The topological polar surface area (TPSA) is 93.5 Å². The van der Waals surface area contributed by atoms with Crippen LogP contribution in [0.25, 0.3) is 0 Å². The Kier molecular flexibility index (Phi) is 4.22. The predicted octanol–water partition coefficient (Wildman–Crippen LogP) is 0.897. The zero-order valence-electron chi connectivity index (χ0n) is 11.8. The van der Waals surface area contributed by atoms with E-state index in [9.17, 15) is 8.42 Å². The molecule has 0 atom stereocenters. The Morgan fingerprint density at radius 2 is 2.20 bits per heavy atom. The molecule has 0 spiro atoms. The summed E-state index contributed by atoms with van der Waals surface area (Å²) in [5.74, 6) is 0.669. The summed E-state index contributed by atoms with van der Waals surface area (Å²) in [5, 5.41) is 3.20. The molecule has 6 nitrogen and oxygen atoms in total. The maximum absolute atomic E-state index is 12.1. The fraction of sp³-hybridized carbons (Fsp3) is 0.538. The highest BCUT2D eigenvalue weighted by Crippen LogP contribution is 2.34. The van der Waals surface area contributed by atoms with E-state index in [0.29, 0.717) is 37.5 Å². The lowest BCUT2D eigenvalue weighted by Crippen LogP contribution is -2.40. The number of fused-ring (bicyclic) bond motifs is 1. The highest BCUT2D eigenvalue weighted by molar-refractivity contribution is 7.89. The first kappa shape index (κ1) is 15.1. The van der Waals surface area contributed by atoms with Gasteiger partial charge in [-0.05, 0) is 45.0 Å². The van der Waals surface area contributed by atoms with Crippen molar-refractivity contribution in [1.29, 1.82) is 0 Å². The molecule has 4 N–H and O–H groups in total. The van der Waals surface area contributed by atoms with Gasteiger partial charge in [0.25, 0.3) is 0 Å². The molecule has 0 amide bonds. The SMILES string of the molecule is CC1(C)CNc2cc(S(=O)(=O)NCCCN)ccc2O1. The summed E-state index contributed by atoms with van der Waals surface area (Å²) in [4.78, 5) is 0.226. The number of sulfonamides is 1. The molecule has 0 bridgehead atoms. The van der Waals surface area contributed by atoms with Gasteiger partial charge < -0.3 is 15.8 Å². The van der Waals surface area contributed by atoms with Crippen LogP contribution in [0.2, 0.25) is 0 Å². The largest absolute Gasteiger partial charge is 0.484 e. The first-order chi connectivity index (χ1) is 9.34. The average molecular weight is 299 g/mol. The predicted molar refractivity (Wildman–Crippen MR) is 78.5 cm³/mol. The lowest BCUT2D eigenvalue weighted by molar-refractivity contribution is 0.116. The van der Waals surface area contributed by atoms with Gasteiger partial charge in [-0.2, -0.15) is 0 Å². The molecule has 1 heterocycles. The number of nitrogens with one attached hydrogen (secondary N) is 2. The van der Waals surface area contributed by atoms with Gasteiger partial charge in [0.05, 0.1) is 17.1 Å². The fourth-order valence-corrected chi connectivity index (χ4v) is 3.04. The summed E-state index contributed by atoms with van der Waals surface area (Å²) in [6, 6.07) is 4.82. The van der Waals surface area contributed by atoms with E-state index in [0.717, 1.165) is 0 Å². The molecule has 1 aliphatic heterocycles. The molecular weight excluding hydrogens is 278 g/mol. The molecule has 112 valence electrons. The highest BCUT2D eigenvalue weighted by Gasteiger charge is 2.27. The number of benzene rings is 1. The van der Waals surface area contributed by atoms with E-state index < -0.39 is 10.0 Å². The second-order valence-electron chi connectivity index (χ2n) is 5.41. The summed E-state index contributed by atoms with van der Waals surface area (Å²) < 4.78 is 32.5. The fourth-order valence-electron chi connectivity index (χ4n) is 1.94. The Morgan fingerprint density at radius 1 is 1.45 bits per heavy atom. The third-order valence-corrected chi connectivity index (χ3v) is 4.48. The number of hydrogen-bond acceptors (Lipinski definition) is 5. The summed E-state index contributed by atoms with van der Waals surface area (Å²) in [6.45, 7) is 5.37. The third kappa shape index (κ3) is 3.41. The van der Waals surface area contributed by atoms with Gasteiger partial charge in [-0.25, -0.2) is 13.1 Å². The van der Waals surface area contributed by atoms with Crippen LogP contribution in [-0.2, 0) is 10.0 Å².